The van der Waals surface area contributed by atoms with Gasteiger partial charge in [-0.05, 0) is 43.7 Å². The molecule has 7 heteroatoms. The van der Waals surface area contributed by atoms with E-state index in [0.29, 0.717) is 21.1 Å². The Labute approximate surface area is 160 Å². The number of ether oxygens (including phenoxy) is 1. The van der Waals surface area contributed by atoms with E-state index in [4.69, 9.17) is 16.3 Å². The van der Waals surface area contributed by atoms with E-state index in [1.807, 2.05) is 31.2 Å². The molecule has 1 aromatic heterocycles. The second-order valence-corrected chi connectivity index (χ2v) is 7.51. The maximum atomic E-state index is 13.2. The minimum Gasteiger partial charge on any atom is -0.468 e. The van der Waals surface area contributed by atoms with Gasteiger partial charge in [-0.15, -0.1) is 0 Å². The quantitative estimate of drug-likeness (QED) is 0.384. The molecule has 1 heterocycles. The molecule has 0 unspecified atom stereocenters. The molecular weight excluding hydrogens is 372 g/mol. The fourth-order valence-corrected chi connectivity index (χ4v) is 3.73. The van der Waals surface area contributed by atoms with Crippen LogP contribution in [0, 0.1) is 6.92 Å². The van der Waals surface area contributed by atoms with Crippen molar-refractivity contribution in [2.24, 2.45) is 0 Å². The van der Waals surface area contributed by atoms with Crippen LogP contribution in [0.2, 0.25) is 5.02 Å². The first-order valence-electron chi connectivity index (χ1n) is 7.95. The van der Waals surface area contributed by atoms with Crippen LogP contribution in [0.3, 0.4) is 0 Å². The number of thioether (sulfide) groups is 1. The zero-order valence-corrected chi connectivity index (χ0v) is 16.1. The molecule has 5 nitrogen and oxygen atoms in total. The Kier molecular flexibility index (Phi) is 5.34. The van der Waals surface area contributed by atoms with Gasteiger partial charge < -0.3 is 4.74 Å². The van der Waals surface area contributed by atoms with Crippen molar-refractivity contribution < 1.29 is 9.53 Å². The molecule has 134 valence electrons. The molecule has 0 aliphatic carbocycles. The zero-order chi connectivity index (χ0) is 18.8. The van der Waals surface area contributed by atoms with Crippen molar-refractivity contribution in [2.45, 2.75) is 24.3 Å². The van der Waals surface area contributed by atoms with E-state index >= 15 is 0 Å². The summed E-state index contributed by atoms with van der Waals surface area (Å²) in [6.07, 6.45) is 0. The van der Waals surface area contributed by atoms with E-state index in [9.17, 15) is 9.59 Å². The summed E-state index contributed by atoms with van der Waals surface area (Å²) in [7, 11) is 1.33. The van der Waals surface area contributed by atoms with Crippen LogP contribution in [-0.4, -0.2) is 27.9 Å². The second-order valence-electron chi connectivity index (χ2n) is 5.77. The molecule has 0 N–H and O–H groups in total. The number of hydrogen-bond donors (Lipinski definition) is 0. The van der Waals surface area contributed by atoms with Crippen LogP contribution in [0.5, 0.6) is 0 Å². The largest absolute Gasteiger partial charge is 0.468 e. The van der Waals surface area contributed by atoms with E-state index in [2.05, 4.69) is 4.98 Å². The van der Waals surface area contributed by atoms with Gasteiger partial charge in [-0.2, -0.15) is 0 Å². The van der Waals surface area contributed by atoms with Crippen LogP contribution in [0.1, 0.15) is 12.5 Å². The Balaban J connectivity index is 2.29. The lowest BCUT2D eigenvalue weighted by Gasteiger charge is -2.17. The van der Waals surface area contributed by atoms with Crippen LogP contribution < -0.4 is 5.56 Å². The molecule has 26 heavy (non-hydrogen) atoms. The van der Waals surface area contributed by atoms with Gasteiger partial charge in [-0.25, -0.2) is 4.98 Å². The molecule has 0 saturated heterocycles. The van der Waals surface area contributed by atoms with Gasteiger partial charge in [0.2, 0.25) is 0 Å². The number of para-hydroxylation sites is 1. The molecule has 3 rings (SSSR count). The maximum absolute atomic E-state index is 13.2. The molecule has 3 aromatic rings. The number of methoxy groups -OCH3 is 1. The summed E-state index contributed by atoms with van der Waals surface area (Å²) in [5.41, 5.74) is 1.94. The Morgan fingerprint density at radius 3 is 2.69 bits per heavy atom. The van der Waals surface area contributed by atoms with Crippen molar-refractivity contribution in [2.75, 3.05) is 7.11 Å². The number of carbonyl (C=O) groups is 1. The fourth-order valence-electron chi connectivity index (χ4n) is 2.62. The van der Waals surface area contributed by atoms with Crippen molar-refractivity contribution in [1.29, 1.82) is 0 Å². The predicted molar refractivity (Wildman–Crippen MR) is 104 cm³/mol. The monoisotopic (exact) mass is 388 g/mol. The fraction of sp³-hybridized carbons (Fsp3) is 0.211. The van der Waals surface area contributed by atoms with Gasteiger partial charge in [0.1, 0.15) is 5.25 Å². The van der Waals surface area contributed by atoms with E-state index in [1.165, 1.54) is 23.4 Å². The van der Waals surface area contributed by atoms with Crippen LogP contribution in [0.25, 0.3) is 16.6 Å². The molecule has 0 aliphatic heterocycles. The predicted octanol–water partition coefficient (Wildman–Crippen LogP) is 4.00. The Morgan fingerprint density at radius 1 is 1.27 bits per heavy atom. The van der Waals surface area contributed by atoms with Crippen LogP contribution in [-0.2, 0) is 9.53 Å². The summed E-state index contributed by atoms with van der Waals surface area (Å²) < 4.78 is 6.33. The Hall–Kier alpha value is -2.31. The summed E-state index contributed by atoms with van der Waals surface area (Å²) in [5.74, 6) is -0.383. The molecule has 0 aliphatic rings. The highest BCUT2D eigenvalue weighted by Crippen LogP contribution is 2.27. The second kappa shape index (κ2) is 7.51. The first-order valence-corrected chi connectivity index (χ1v) is 9.21. The lowest BCUT2D eigenvalue weighted by atomic mass is 10.2. The first-order chi connectivity index (χ1) is 12.4. The smallest absolute Gasteiger partial charge is 0.318 e. The summed E-state index contributed by atoms with van der Waals surface area (Å²) in [6.45, 7) is 3.64. The third kappa shape index (κ3) is 3.48. The van der Waals surface area contributed by atoms with Crippen molar-refractivity contribution in [3.05, 3.63) is 63.4 Å². The summed E-state index contributed by atoms with van der Waals surface area (Å²) >= 11 is 7.23. The van der Waals surface area contributed by atoms with Gasteiger partial charge in [-0.3, -0.25) is 14.2 Å². The number of nitrogens with zero attached hydrogens (tertiary/aromatic N) is 2. The number of aromatic nitrogens is 2. The third-order valence-electron chi connectivity index (χ3n) is 3.97. The van der Waals surface area contributed by atoms with Crippen molar-refractivity contribution in [1.82, 2.24) is 9.55 Å². The van der Waals surface area contributed by atoms with Crippen LogP contribution in [0.15, 0.2) is 52.4 Å². The van der Waals surface area contributed by atoms with Gasteiger partial charge in [0, 0.05) is 5.02 Å². The van der Waals surface area contributed by atoms with Gasteiger partial charge in [0.15, 0.2) is 5.16 Å². The zero-order valence-electron chi connectivity index (χ0n) is 14.5. The minimum absolute atomic E-state index is 0.208. The van der Waals surface area contributed by atoms with Crippen molar-refractivity contribution in [3.8, 4) is 5.69 Å². The normalized spacial score (nSPS) is 12.2. The Bertz CT molecular complexity index is 1050. The standard InChI is InChI=1S/C19H17ClN2O3S/c1-11-6-4-5-7-16(11)22-17(23)14-9-8-13(20)10-15(14)21-19(22)26-12(2)18(24)25-3/h4-10,12H,1-3H3/t12-/m1/s1. The van der Waals surface area contributed by atoms with Crippen molar-refractivity contribution >= 4 is 40.2 Å². The summed E-state index contributed by atoms with van der Waals surface area (Å²) in [4.78, 5) is 29.6. The average molecular weight is 389 g/mol. The molecule has 2 aromatic carbocycles. The highest BCUT2D eigenvalue weighted by atomic mass is 35.5. The molecule has 0 amide bonds. The number of aryl methyl sites for hydroxylation is 1. The average Bonchev–Trinajstić information content (AvgIpc) is 2.62. The molecule has 0 spiro atoms. The number of benzene rings is 2. The molecular formula is C19H17ClN2O3S. The number of halogens is 1. The van der Waals surface area contributed by atoms with E-state index in [1.54, 1.807) is 25.1 Å². The van der Waals surface area contributed by atoms with Gasteiger partial charge in [0.25, 0.3) is 5.56 Å². The Morgan fingerprint density at radius 2 is 2.00 bits per heavy atom. The number of hydrogen-bond acceptors (Lipinski definition) is 5. The molecule has 0 radical (unpaired) electrons. The van der Waals surface area contributed by atoms with Crippen LogP contribution >= 0.6 is 23.4 Å². The number of esters is 1. The topological polar surface area (TPSA) is 61.2 Å². The summed E-state index contributed by atoms with van der Waals surface area (Å²) in [6, 6.07) is 12.5. The number of rotatable bonds is 4. The highest BCUT2D eigenvalue weighted by molar-refractivity contribution is 8.00. The minimum atomic E-state index is -0.515. The highest BCUT2D eigenvalue weighted by Gasteiger charge is 2.21. The SMILES string of the molecule is COC(=O)[C@@H](C)Sc1nc2cc(Cl)ccc2c(=O)n1-c1ccccc1C. The number of carbonyl (C=O) groups excluding carboxylic acids is 1. The summed E-state index contributed by atoms with van der Waals surface area (Å²) in [5, 5.41) is 0.860. The van der Waals surface area contributed by atoms with E-state index in [0.717, 1.165) is 11.3 Å². The first kappa shape index (κ1) is 18.5. The van der Waals surface area contributed by atoms with Crippen molar-refractivity contribution in [3.63, 3.8) is 0 Å². The third-order valence-corrected chi connectivity index (χ3v) is 5.24. The van der Waals surface area contributed by atoms with Gasteiger partial charge in [-0.1, -0.05) is 41.6 Å². The molecule has 0 saturated carbocycles. The lowest BCUT2D eigenvalue weighted by Crippen LogP contribution is -2.24. The van der Waals surface area contributed by atoms with Crippen LogP contribution in [0.4, 0.5) is 0 Å². The lowest BCUT2D eigenvalue weighted by molar-refractivity contribution is -0.139. The number of fused-ring (bicyclic) bond motifs is 1. The molecule has 1 atom stereocenters. The van der Waals surface area contributed by atoms with Gasteiger partial charge >= 0.3 is 5.97 Å². The van der Waals surface area contributed by atoms with Gasteiger partial charge in [0.05, 0.1) is 23.7 Å². The van der Waals surface area contributed by atoms with E-state index < -0.39 is 5.25 Å². The maximum Gasteiger partial charge on any atom is 0.318 e. The molecule has 0 fully saturated rings. The molecule has 0 bridgehead atoms. The van der Waals surface area contributed by atoms with E-state index in [-0.39, 0.29) is 11.5 Å².